The van der Waals surface area contributed by atoms with Gasteiger partial charge in [-0.05, 0) is 0 Å². The lowest BCUT2D eigenvalue weighted by molar-refractivity contribution is -0.375. The van der Waals surface area contributed by atoms with Crippen LogP contribution in [0.1, 0.15) is 6.42 Å². The number of aliphatic hydroxyl groups excluding tert-OH is 3. The average molecular weight is 206 g/mol. The van der Waals surface area contributed by atoms with Gasteiger partial charge in [0.15, 0.2) is 6.29 Å². The Balaban J connectivity index is 2.17. The number of methoxy groups -OCH3 is 1. The van der Waals surface area contributed by atoms with Crippen LogP contribution in [0.2, 0.25) is 0 Å². The van der Waals surface area contributed by atoms with Crippen LogP contribution in [0.15, 0.2) is 0 Å². The second-order valence-corrected chi connectivity index (χ2v) is 3.86. The van der Waals surface area contributed by atoms with Gasteiger partial charge in [-0.2, -0.15) is 0 Å². The minimum absolute atomic E-state index is 0.00628. The van der Waals surface area contributed by atoms with Gasteiger partial charge in [0.05, 0.1) is 6.10 Å². The van der Waals surface area contributed by atoms with Crippen molar-refractivity contribution < 1.29 is 29.9 Å². The smallest absolute Gasteiger partial charge is 0.186 e. The van der Waals surface area contributed by atoms with Crippen molar-refractivity contribution in [3.05, 3.63) is 0 Å². The van der Waals surface area contributed by atoms with Crippen molar-refractivity contribution >= 4 is 0 Å². The molecule has 2 rings (SSSR count). The highest BCUT2D eigenvalue weighted by atomic mass is 16.7. The van der Waals surface area contributed by atoms with Gasteiger partial charge in [-0.25, -0.2) is 0 Å². The Labute approximate surface area is 80.7 Å². The van der Waals surface area contributed by atoms with Crippen LogP contribution in [0.25, 0.3) is 0 Å². The summed E-state index contributed by atoms with van der Waals surface area (Å²) < 4.78 is 9.87. The highest BCUT2D eigenvalue weighted by Crippen LogP contribution is 2.43. The summed E-state index contributed by atoms with van der Waals surface area (Å²) in [5, 5.41) is 38.1. The Morgan fingerprint density at radius 3 is 2.50 bits per heavy atom. The molecule has 1 aliphatic carbocycles. The summed E-state index contributed by atoms with van der Waals surface area (Å²) in [7, 11) is 1.32. The lowest BCUT2D eigenvalue weighted by atomic mass is 9.67. The molecule has 6 nitrogen and oxygen atoms in total. The van der Waals surface area contributed by atoms with Crippen LogP contribution >= 0.6 is 0 Å². The summed E-state index contributed by atoms with van der Waals surface area (Å²) in [6.45, 7) is 0. The van der Waals surface area contributed by atoms with Gasteiger partial charge in [0.25, 0.3) is 0 Å². The van der Waals surface area contributed by atoms with E-state index < -0.39 is 36.3 Å². The van der Waals surface area contributed by atoms with Crippen molar-refractivity contribution in [3.8, 4) is 0 Å². The molecular weight excluding hydrogens is 192 g/mol. The Morgan fingerprint density at radius 1 is 1.36 bits per heavy atom. The fourth-order valence-electron chi connectivity index (χ4n) is 2.09. The lowest BCUT2D eigenvalue weighted by Crippen LogP contribution is -2.76. The molecule has 0 spiro atoms. The standard InChI is InChI=1S/C8H14O6/c1-13-7-4(10)5(11)8(12)2-3(9)6(8)14-7/h3-7,9-12H,2H2,1H3/t3?,4-,5-,6-,7+,8-/m1/s1. The van der Waals surface area contributed by atoms with Crippen molar-refractivity contribution in [2.45, 2.75) is 42.7 Å². The summed E-state index contributed by atoms with van der Waals surface area (Å²) in [5.41, 5.74) is -1.55. The first kappa shape index (κ1) is 10.3. The molecule has 1 saturated carbocycles. The molecule has 2 aliphatic rings. The molecule has 1 heterocycles. The molecule has 0 amide bonds. The maximum Gasteiger partial charge on any atom is 0.186 e. The largest absolute Gasteiger partial charge is 0.390 e. The molecule has 0 aromatic carbocycles. The monoisotopic (exact) mass is 206 g/mol. The van der Waals surface area contributed by atoms with E-state index in [0.717, 1.165) is 0 Å². The van der Waals surface area contributed by atoms with Crippen molar-refractivity contribution in [3.63, 3.8) is 0 Å². The maximum absolute atomic E-state index is 9.80. The van der Waals surface area contributed by atoms with Gasteiger partial charge in [0.2, 0.25) is 0 Å². The van der Waals surface area contributed by atoms with Crippen molar-refractivity contribution in [2.24, 2.45) is 0 Å². The fourth-order valence-corrected chi connectivity index (χ4v) is 2.09. The molecule has 0 aromatic rings. The van der Waals surface area contributed by atoms with E-state index in [2.05, 4.69) is 0 Å². The first-order chi connectivity index (χ1) is 6.50. The minimum Gasteiger partial charge on any atom is -0.390 e. The third kappa shape index (κ3) is 1.13. The summed E-state index contributed by atoms with van der Waals surface area (Å²) in [4.78, 5) is 0. The van der Waals surface area contributed by atoms with Crippen LogP contribution in [0, 0.1) is 0 Å². The maximum atomic E-state index is 9.80. The SMILES string of the molecule is CO[C@H]1O[C@@H]2C(O)C[C@@]2(O)[C@H](O)[C@H]1O. The van der Waals surface area contributed by atoms with E-state index in [1.54, 1.807) is 0 Å². The predicted octanol–water partition coefficient (Wildman–Crippen LogP) is -2.42. The van der Waals surface area contributed by atoms with Crippen LogP contribution < -0.4 is 0 Å². The Morgan fingerprint density at radius 2 is 2.00 bits per heavy atom. The Hall–Kier alpha value is -0.240. The number of ether oxygens (including phenoxy) is 2. The van der Waals surface area contributed by atoms with E-state index in [1.165, 1.54) is 7.11 Å². The van der Waals surface area contributed by atoms with E-state index in [9.17, 15) is 20.4 Å². The third-order valence-corrected chi connectivity index (χ3v) is 3.01. The third-order valence-electron chi connectivity index (χ3n) is 3.01. The van der Waals surface area contributed by atoms with Crippen molar-refractivity contribution in [2.75, 3.05) is 7.11 Å². The van der Waals surface area contributed by atoms with Crippen LogP contribution in [-0.4, -0.2) is 63.8 Å². The zero-order valence-electron chi connectivity index (χ0n) is 7.70. The van der Waals surface area contributed by atoms with Crippen molar-refractivity contribution in [1.82, 2.24) is 0 Å². The molecule has 0 radical (unpaired) electrons. The van der Waals surface area contributed by atoms with Crippen molar-refractivity contribution in [1.29, 1.82) is 0 Å². The number of hydrogen-bond acceptors (Lipinski definition) is 6. The summed E-state index contributed by atoms with van der Waals surface area (Å²) >= 11 is 0. The van der Waals surface area contributed by atoms with Crippen LogP contribution in [0.5, 0.6) is 0 Å². The molecule has 4 N–H and O–H groups in total. The van der Waals surface area contributed by atoms with Gasteiger partial charge in [0, 0.05) is 13.5 Å². The normalized spacial score (nSPS) is 57.6. The molecule has 14 heavy (non-hydrogen) atoms. The average Bonchev–Trinajstić information content (AvgIpc) is 2.15. The number of aliphatic hydroxyl groups is 4. The molecule has 2 fully saturated rings. The molecule has 6 heteroatoms. The molecule has 0 bridgehead atoms. The van der Waals surface area contributed by atoms with Gasteiger partial charge in [-0.1, -0.05) is 0 Å². The zero-order valence-corrected chi connectivity index (χ0v) is 7.70. The molecule has 1 unspecified atom stereocenters. The van der Waals surface area contributed by atoms with E-state index >= 15 is 0 Å². The Kier molecular flexibility index (Phi) is 2.30. The molecule has 0 aromatic heterocycles. The fraction of sp³-hybridized carbons (Fsp3) is 1.00. The quantitative estimate of drug-likeness (QED) is 0.381. The van der Waals surface area contributed by atoms with E-state index in [1.807, 2.05) is 0 Å². The predicted molar refractivity (Wildman–Crippen MR) is 43.3 cm³/mol. The zero-order chi connectivity index (χ0) is 10.5. The molecule has 1 aliphatic heterocycles. The Bertz CT molecular complexity index is 230. The highest BCUT2D eigenvalue weighted by Gasteiger charge is 2.64. The number of hydrogen-bond donors (Lipinski definition) is 4. The first-order valence-electron chi connectivity index (χ1n) is 4.45. The highest BCUT2D eigenvalue weighted by molar-refractivity contribution is 5.13. The van der Waals surface area contributed by atoms with Crippen LogP contribution in [-0.2, 0) is 9.47 Å². The first-order valence-corrected chi connectivity index (χ1v) is 4.45. The van der Waals surface area contributed by atoms with E-state index in [0.29, 0.717) is 0 Å². The van der Waals surface area contributed by atoms with Gasteiger partial charge in [-0.3, -0.25) is 0 Å². The lowest BCUT2D eigenvalue weighted by Gasteiger charge is -2.56. The van der Waals surface area contributed by atoms with E-state index in [4.69, 9.17) is 9.47 Å². The molecular formula is C8H14O6. The topological polar surface area (TPSA) is 99.4 Å². The van der Waals surface area contributed by atoms with Gasteiger partial charge in [-0.15, -0.1) is 0 Å². The molecule has 1 saturated heterocycles. The van der Waals surface area contributed by atoms with Gasteiger partial charge < -0.3 is 29.9 Å². The van der Waals surface area contributed by atoms with E-state index in [-0.39, 0.29) is 6.42 Å². The molecule has 82 valence electrons. The summed E-state index contributed by atoms with van der Waals surface area (Å²) in [6, 6.07) is 0. The number of fused-ring (bicyclic) bond motifs is 1. The molecule has 6 atom stereocenters. The van der Waals surface area contributed by atoms with Crippen LogP contribution in [0.3, 0.4) is 0 Å². The summed E-state index contributed by atoms with van der Waals surface area (Å²) in [6.07, 6.45) is -5.36. The second kappa shape index (κ2) is 3.13. The second-order valence-electron chi connectivity index (χ2n) is 3.86. The summed E-state index contributed by atoms with van der Waals surface area (Å²) in [5.74, 6) is 0. The van der Waals surface area contributed by atoms with Gasteiger partial charge in [0.1, 0.15) is 23.9 Å². The number of rotatable bonds is 1. The van der Waals surface area contributed by atoms with Crippen LogP contribution in [0.4, 0.5) is 0 Å². The minimum atomic E-state index is -1.55. The van der Waals surface area contributed by atoms with Gasteiger partial charge >= 0.3 is 0 Å².